The Bertz CT molecular complexity index is 907. The molecular weight excluding hydrogens is 379 g/mol. The first-order valence-electron chi connectivity index (χ1n) is 8.03. The largest absolute Gasteiger partial charge is 0.506 e. The van der Waals surface area contributed by atoms with Crippen LogP contribution in [0.25, 0.3) is 10.2 Å². The lowest BCUT2D eigenvalue weighted by Crippen LogP contribution is -2.38. The molecule has 1 saturated heterocycles. The molecule has 1 aromatic heterocycles. The summed E-state index contributed by atoms with van der Waals surface area (Å²) in [4.78, 5) is 6.45. The van der Waals surface area contributed by atoms with Gasteiger partial charge in [0.1, 0.15) is 28.1 Å². The number of benzene rings is 2. The van der Waals surface area contributed by atoms with Gasteiger partial charge in [0.15, 0.2) is 0 Å². The van der Waals surface area contributed by atoms with Gasteiger partial charge in [0, 0.05) is 37.7 Å². The number of anilines is 1. The van der Waals surface area contributed by atoms with Crippen LogP contribution in [0.3, 0.4) is 0 Å². The van der Waals surface area contributed by atoms with Crippen LogP contribution in [-0.4, -0.2) is 29.3 Å². The van der Waals surface area contributed by atoms with E-state index in [9.17, 15) is 5.11 Å². The zero-order valence-corrected chi connectivity index (χ0v) is 15.6. The molecule has 1 fully saturated rings. The summed E-state index contributed by atoms with van der Waals surface area (Å²) in [5.41, 5.74) is 3.44. The number of phenolic OH excluding ortho intramolecular Hbond substituents is 1. The Balaban J connectivity index is 1.44. The fraction of sp³-hybridized carbons (Fsp3) is 0.278. The Hall–Kier alpha value is -1.69. The van der Waals surface area contributed by atoms with Crippen molar-refractivity contribution in [2.75, 3.05) is 18.0 Å². The van der Waals surface area contributed by atoms with E-state index >= 15 is 0 Å². The summed E-state index contributed by atoms with van der Waals surface area (Å²) in [6, 6.07) is 9.31. The zero-order valence-electron chi connectivity index (χ0n) is 13.3. The van der Waals surface area contributed by atoms with Crippen LogP contribution in [0.5, 0.6) is 11.5 Å². The summed E-state index contributed by atoms with van der Waals surface area (Å²) in [6.07, 6.45) is 1.86. The molecular formula is C18H16Cl2N2O2S. The molecule has 0 atom stereocenters. The van der Waals surface area contributed by atoms with Gasteiger partial charge in [-0.3, -0.25) is 0 Å². The highest BCUT2D eigenvalue weighted by Gasteiger charge is 2.23. The lowest BCUT2D eigenvalue weighted by atomic mass is 10.1. The minimum Gasteiger partial charge on any atom is -0.506 e. The smallest absolute Gasteiger partial charge is 0.144 e. The van der Waals surface area contributed by atoms with E-state index in [1.165, 1.54) is 11.3 Å². The molecule has 4 rings (SSSR count). The van der Waals surface area contributed by atoms with E-state index in [2.05, 4.69) is 16.0 Å². The van der Waals surface area contributed by atoms with Gasteiger partial charge < -0.3 is 14.7 Å². The lowest BCUT2D eigenvalue weighted by Gasteiger charge is -2.34. The topological polar surface area (TPSA) is 45.6 Å². The van der Waals surface area contributed by atoms with E-state index in [0.29, 0.717) is 21.3 Å². The molecule has 1 aliphatic rings. The van der Waals surface area contributed by atoms with Crippen LogP contribution in [0, 0.1) is 0 Å². The third-order valence-corrected chi connectivity index (χ3v) is 6.00. The fourth-order valence-corrected chi connectivity index (χ4v) is 4.17. The molecule has 4 nitrogen and oxygen atoms in total. The summed E-state index contributed by atoms with van der Waals surface area (Å²) in [6.45, 7) is 1.71. The number of nitrogens with zero attached hydrogens (tertiary/aromatic N) is 2. The molecule has 7 heteroatoms. The van der Waals surface area contributed by atoms with Crippen molar-refractivity contribution >= 4 is 50.4 Å². The minimum atomic E-state index is 0.105. The average Bonchev–Trinajstić information content (AvgIpc) is 3.09. The molecule has 130 valence electrons. The van der Waals surface area contributed by atoms with Gasteiger partial charge in [0.25, 0.3) is 0 Å². The van der Waals surface area contributed by atoms with Gasteiger partial charge in [-0.1, -0.05) is 29.3 Å². The number of hydrogen-bond donors (Lipinski definition) is 1. The van der Waals surface area contributed by atoms with E-state index in [-0.39, 0.29) is 11.9 Å². The van der Waals surface area contributed by atoms with Crippen LogP contribution in [-0.2, 0) is 0 Å². The molecule has 0 aliphatic carbocycles. The first kappa shape index (κ1) is 16.8. The molecule has 0 spiro atoms. The first-order valence-corrected chi connectivity index (χ1v) is 9.67. The average molecular weight is 395 g/mol. The number of fused-ring (bicyclic) bond motifs is 1. The molecule has 0 amide bonds. The number of hydrogen-bond acceptors (Lipinski definition) is 5. The summed E-state index contributed by atoms with van der Waals surface area (Å²) >= 11 is 13.8. The van der Waals surface area contributed by atoms with E-state index in [4.69, 9.17) is 27.9 Å². The summed E-state index contributed by atoms with van der Waals surface area (Å²) in [7, 11) is 0. The van der Waals surface area contributed by atoms with Gasteiger partial charge in [-0.2, -0.15) is 0 Å². The van der Waals surface area contributed by atoms with E-state index < -0.39 is 0 Å². The monoisotopic (exact) mass is 394 g/mol. The van der Waals surface area contributed by atoms with Gasteiger partial charge >= 0.3 is 0 Å². The number of phenols is 1. The fourth-order valence-electron chi connectivity index (χ4n) is 3.10. The number of rotatable bonds is 3. The normalized spacial score (nSPS) is 15.7. The Morgan fingerprint density at radius 2 is 2.00 bits per heavy atom. The number of thiazole rings is 1. The van der Waals surface area contributed by atoms with Crippen molar-refractivity contribution in [2.24, 2.45) is 0 Å². The van der Waals surface area contributed by atoms with Crippen LogP contribution < -0.4 is 9.64 Å². The van der Waals surface area contributed by atoms with Gasteiger partial charge in [0.2, 0.25) is 0 Å². The second-order valence-electron chi connectivity index (χ2n) is 6.02. The highest BCUT2D eigenvalue weighted by Crippen LogP contribution is 2.35. The Morgan fingerprint density at radius 1 is 1.20 bits per heavy atom. The van der Waals surface area contributed by atoms with Crippen molar-refractivity contribution in [3.8, 4) is 11.5 Å². The van der Waals surface area contributed by atoms with Crippen LogP contribution in [0.4, 0.5) is 5.69 Å². The number of piperidine rings is 1. The van der Waals surface area contributed by atoms with Crippen LogP contribution in [0.15, 0.2) is 35.8 Å². The molecule has 1 N–H and O–H groups in total. The van der Waals surface area contributed by atoms with Crippen molar-refractivity contribution in [3.05, 3.63) is 45.9 Å². The summed E-state index contributed by atoms with van der Waals surface area (Å²) in [5, 5.41) is 11.1. The van der Waals surface area contributed by atoms with Crippen molar-refractivity contribution in [2.45, 2.75) is 18.9 Å². The Morgan fingerprint density at radius 3 is 2.80 bits per heavy atom. The number of aromatic hydroxyl groups is 1. The predicted molar refractivity (Wildman–Crippen MR) is 104 cm³/mol. The molecule has 0 radical (unpaired) electrons. The molecule has 1 aliphatic heterocycles. The molecule has 0 saturated carbocycles. The number of aromatic nitrogens is 1. The maximum absolute atomic E-state index is 10.1. The summed E-state index contributed by atoms with van der Waals surface area (Å²) < 4.78 is 7.03. The summed E-state index contributed by atoms with van der Waals surface area (Å²) in [5.74, 6) is 0.870. The van der Waals surface area contributed by atoms with E-state index in [0.717, 1.165) is 36.3 Å². The zero-order chi connectivity index (χ0) is 17.4. The second kappa shape index (κ2) is 6.90. The van der Waals surface area contributed by atoms with Crippen LogP contribution >= 0.6 is 34.5 Å². The number of halogens is 2. The maximum Gasteiger partial charge on any atom is 0.144 e. The van der Waals surface area contributed by atoms with E-state index in [1.54, 1.807) is 17.6 Å². The molecule has 3 aromatic rings. The van der Waals surface area contributed by atoms with Gasteiger partial charge in [-0.25, -0.2) is 4.98 Å². The first-order chi connectivity index (χ1) is 12.1. The van der Waals surface area contributed by atoms with Crippen LogP contribution in [0.1, 0.15) is 12.8 Å². The lowest BCUT2D eigenvalue weighted by molar-refractivity contribution is 0.171. The predicted octanol–water partition coefficient (Wildman–Crippen LogP) is 5.36. The molecule has 2 aromatic carbocycles. The standard InChI is InChI=1S/C18H16Cl2N2O2S/c19-13-2-1-3-15(17(13)20)24-12-4-6-22(7-5-12)11-8-14(23)18-16(9-11)25-10-21-18/h1-3,8-10,12,23H,4-7H2. The SMILES string of the molecule is Oc1cc(N2CCC(Oc3cccc(Cl)c3Cl)CC2)cc2scnc12. The third kappa shape index (κ3) is 3.36. The molecule has 0 unspecified atom stereocenters. The molecule has 25 heavy (non-hydrogen) atoms. The van der Waals surface area contributed by atoms with Crippen molar-refractivity contribution in [1.29, 1.82) is 0 Å². The minimum absolute atomic E-state index is 0.105. The third-order valence-electron chi connectivity index (χ3n) is 4.42. The van der Waals surface area contributed by atoms with Crippen molar-refractivity contribution in [3.63, 3.8) is 0 Å². The van der Waals surface area contributed by atoms with Crippen molar-refractivity contribution < 1.29 is 9.84 Å². The van der Waals surface area contributed by atoms with Gasteiger partial charge in [-0.15, -0.1) is 11.3 Å². The Kier molecular flexibility index (Phi) is 4.63. The molecule has 0 bridgehead atoms. The highest BCUT2D eigenvalue weighted by atomic mass is 35.5. The van der Waals surface area contributed by atoms with Gasteiger partial charge in [0.05, 0.1) is 15.2 Å². The van der Waals surface area contributed by atoms with Gasteiger partial charge in [-0.05, 0) is 18.2 Å². The number of ether oxygens (including phenoxy) is 1. The van der Waals surface area contributed by atoms with Crippen molar-refractivity contribution in [1.82, 2.24) is 4.98 Å². The molecule has 2 heterocycles. The second-order valence-corrected chi connectivity index (χ2v) is 7.69. The Labute approximate surface area is 159 Å². The maximum atomic E-state index is 10.1. The van der Waals surface area contributed by atoms with E-state index in [1.807, 2.05) is 12.1 Å². The highest BCUT2D eigenvalue weighted by molar-refractivity contribution is 7.16. The van der Waals surface area contributed by atoms with Crippen LogP contribution in [0.2, 0.25) is 10.0 Å². The quantitative estimate of drug-likeness (QED) is 0.649.